The van der Waals surface area contributed by atoms with Crippen molar-refractivity contribution >= 4 is 0 Å². The van der Waals surface area contributed by atoms with Crippen molar-refractivity contribution in [3.63, 3.8) is 0 Å². The molecule has 3 nitrogen and oxygen atoms in total. The van der Waals surface area contributed by atoms with E-state index in [-0.39, 0.29) is 18.8 Å². The fourth-order valence-electron chi connectivity index (χ4n) is 2.80. The summed E-state index contributed by atoms with van der Waals surface area (Å²) in [5.74, 6) is 1.43. The third kappa shape index (κ3) is 5.82. The summed E-state index contributed by atoms with van der Waals surface area (Å²) in [4.78, 5) is 0. The van der Waals surface area contributed by atoms with E-state index < -0.39 is 0 Å². The molecule has 0 unspecified atom stereocenters. The zero-order chi connectivity index (χ0) is 17.2. The molecule has 1 aliphatic carbocycles. The average molecular weight is 322 g/mol. The molecule has 3 atom stereocenters. The van der Waals surface area contributed by atoms with E-state index in [1.165, 1.54) is 24.0 Å². The fraction of sp³-hybridized carbons (Fsp3) is 0.700. The third-order valence-electron chi connectivity index (χ3n) is 4.56. The van der Waals surface area contributed by atoms with Gasteiger partial charge in [-0.1, -0.05) is 52.7 Å². The van der Waals surface area contributed by atoms with Crippen molar-refractivity contribution in [3.8, 4) is 5.75 Å². The Balaban J connectivity index is 0.000000593. The second-order valence-electron chi connectivity index (χ2n) is 6.37. The summed E-state index contributed by atoms with van der Waals surface area (Å²) in [6, 6.07) is 6.23. The third-order valence-corrected chi connectivity index (χ3v) is 4.56. The molecule has 23 heavy (non-hydrogen) atoms. The SMILES string of the molecule is CCCC.CC[C@H](CO)O[C@@H]1Cc2c(cccc2OC)C[C@H]1C. The number of rotatable bonds is 6. The molecule has 0 bridgehead atoms. The van der Waals surface area contributed by atoms with E-state index >= 15 is 0 Å². The minimum atomic E-state index is -0.0521. The van der Waals surface area contributed by atoms with Crippen LogP contribution >= 0.6 is 0 Å². The van der Waals surface area contributed by atoms with E-state index in [1.807, 2.05) is 19.1 Å². The van der Waals surface area contributed by atoms with Crippen LogP contribution in [0.5, 0.6) is 5.75 Å². The Morgan fingerprint density at radius 2 is 1.87 bits per heavy atom. The Kier molecular flexibility index (Phi) is 9.27. The van der Waals surface area contributed by atoms with Crippen LogP contribution in [0.25, 0.3) is 0 Å². The maximum atomic E-state index is 9.29. The smallest absolute Gasteiger partial charge is 0.122 e. The Hall–Kier alpha value is -1.06. The van der Waals surface area contributed by atoms with Crippen LogP contribution in [-0.4, -0.2) is 31.0 Å². The lowest BCUT2D eigenvalue weighted by atomic mass is 9.82. The minimum Gasteiger partial charge on any atom is -0.496 e. The lowest BCUT2D eigenvalue weighted by Crippen LogP contribution is -2.35. The van der Waals surface area contributed by atoms with Crippen molar-refractivity contribution in [1.82, 2.24) is 0 Å². The van der Waals surface area contributed by atoms with Gasteiger partial charge in [-0.25, -0.2) is 0 Å². The number of aliphatic hydroxyl groups excluding tert-OH is 1. The molecule has 0 aliphatic heterocycles. The van der Waals surface area contributed by atoms with Gasteiger partial charge in [0.15, 0.2) is 0 Å². The number of ether oxygens (including phenoxy) is 2. The first-order chi connectivity index (χ1) is 11.1. The number of hydrogen-bond donors (Lipinski definition) is 1. The Morgan fingerprint density at radius 3 is 2.39 bits per heavy atom. The van der Waals surface area contributed by atoms with E-state index in [1.54, 1.807) is 7.11 Å². The molecule has 0 spiro atoms. The molecule has 3 heteroatoms. The molecule has 132 valence electrons. The first kappa shape index (κ1) is 20.0. The van der Waals surface area contributed by atoms with Crippen LogP contribution in [0.3, 0.4) is 0 Å². The zero-order valence-corrected chi connectivity index (χ0v) is 15.5. The van der Waals surface area contributed by atoms with Crippen LogP contribution in [0.1, 0.15) is 58.1 Å². The molecule has 1 N–H and O–H groups in total. The molecule has 0 fully saturated rings. The maximum absolute atomic E-state index is 9.29. The highest BCUT2D eigenvalue weighted by atomic mass is 16.5. The van der Waals surface area contributed by atoms with Crippen LogP contribution in [-0.2, 0) is 17.6 Å². The van der Waals surface area contributed by atoms with Gasteiger partial charge in [0.2, 0.25) is 0 Å². The highest BCUT2D eigenvalue weighted by Crippen LogP contribution is 2.33. The van der Waals surface area contributed by atoms with Gasteiger partial charge in [0.25, 0.3) is 0 Å². The molecule has 0 heterocycles. The van der Waals surface area contributed by atoms with Gasteiger partial charge >= 0.3 is 0 Å². The molecule has 0 amide bonds. The van der Waals surface area contributed by atoms with E-state index in [0.29, 0.717) is 5.92 Å². The van der Waals surface area contributed by atoms with Crippen LogP contribution in [0.4, 0.5) is 0 Å². The highest BCUT2D eigenvalue weighted by Gasteiger charge is 2.29. The second kappa shape index (κ2) is 10.7. The molecular weight excluding hydrogens is 288 g/mol. The largest absolute Gasteiger partial charge is 0.496 e. The number of hydrogen-bond acceptors (Lipinski definition) is 3. The molecule has 0 radical (unpaired) electrons. The molecular formula is C20H34O3. The van der Waals surface area contributed by atoms with Gasteiger partial charge in [-0.15, -0.1) is 0 Å². The Morgan fingerprint density at radius 1 is 1.17 bits per heavy atom. The van der Waals surface area contributed by atoms with E-state index in [4.69, 9.17) is 9.47 Å². The summed E-state index contributed by atoms with van der Waals surface area (Å²) < 4.78 is 11.5. The van der Waals surface area contributed by atoms with Gasteiger partial charge in [-0.05, 0) is 36.0 Å². The quantitative estimate of drug-likeness (QED) is 0.844. The Labute approximate surface area is 142 Å². The number of methoxy groups -OCH3 is 1. The summed E-state index contributed by atoms with van der Waals surface area (Å²) in [5, 5.41) is 9.29. The lowest BCUT2D eigenvalue weighted by Gasteiger charge is -2.33. The van der Waals surface area contributed by atoms with Crippen LogP contribution in [0.2, 0.25) is 0 Å². The molecule has 1 aromatic rings. The van der Waals surface area contributed by atoms with Crippen LogP contribution in [0, 0.1) is 5.92 Å². The summed E-state index contributed by atoms with van der Waals surface area (Å²) >= 11 is 0. The van der Waals surface area contributed by atoms with Crippen LogP contribution in [0.15, 0.2) is 18.2 Å². The molecule has 1 aromatic carbocycles. The molecule has 0 aromatic heterocycles. The molecule has 1 aliphatic rings. The van der Waals surface area contributed by atoms with Crippen molar-refractivity contribution in [2.24, 2.45) is 5.92 Å². The van der Waals surface area contributed by atoms with Crippen molar-refractivity contribution in [2.75, 3.05) is 13.7 Å². The van der Waals surface area contributed by atoms with Crippen molar-refractivity contribution < 1.29 is 14.6 Å². The standard InChI is InChI=1S/C16H24O3.C4H10/c1-4-13(10-17)19-16-9-14-12(8-11(16)2)6-5-7-15(14)18-3;1-3-4-2/h5-7,11,13,16-17H,4,8-10H2,1-3H3;3-4H2,1-2H3/t11-,13-,16-;/m1./s1. The van der Waals surface area contributed by atoms with Gasteiger partial charge in [-0.2, -0.15) is 0 Å². The van der Waals surface area contributed by atoms with Gasteiger partial charge in [0.05, 0.1) is 25.9 Å². The summed E-state index contributed by atoms with van der Waals surface area (Å²) in [6.07, 6.45) is 5.48. The lowest BCUT2D eigenvalue weighted by molar-refractivity contribution is -0.0649. The number of fused-ring (bicyclic) bond motifs is 1. The minimum absolute atomic E-state index is 0.0521. The fourth-order valence-corrected chi connectivity index (χ4v) is 2.80. The van der Waals surface area contributed by atoms with Gasteiger partial charge < -0.3 is 14.6 Å². The number of benzene rings is 1. The summed E-state index contributed by atoms with van der Waals surface area (Å²) in [5.41, 5.74) is 2.63. The number of unbranched alkanes of at least 4 members (excludes halogenated alkanes) is 1. The van der Waals surface area contributed by atoms with Gasteiger partial charge in [-0.3, -0.25) is 0 Å². The molecule has 0 saturated carbocycles. The first-order valence-corrected chi connectivity index (χ1v) is 9.02. The predicted octanol–water partition coefficient (Wildman–Crippen LogP) is 4.39. The van der Waals surface area contributed by atoms with Crippen molar-refractivity contribution in [2.45, 2.75) is 72.0 Å². The second-order valence-corrected chi connectivity index (χ2v) is 6.37. The first-order valence-electron chi connectivity index (χ1n) is 9.02. The monoisotopic (exact) mass is 322 g/mol. The molecule has 0 saturated heterocycles. The van der Waals surface area contributed by atoms with E-state index in [2.05, 4.69) is 26.8 Å². The van der Waals surface area contributed by atoms with Gasteiger partial charge in [0.1, 0.15) is 5.75 Å². The van der Waals surface area contributed by atoms with Crippen LogP contribution < -0.4 is 4.74 Å². The highest BCUT2D eigenvalue weighted by molar-refractivity contribution is 5.42. The maximum Gasteiger partial charge on any atom is 0.122 e. The average Bonchev–Trinajstić information content (AvgIpc) is 2.59. The van der Waals surface area contributed by atoms with E-state index in [9.17, 15) is 5.11 Å². The predicted molar refractivity (Wildman–Crippen MR) is 96.2 cm³/mol. The zero-order valence-electron chi connectivity index (χ0n) is 15.5. The summed E-state index contributed by atoms with van der Waals surface area (Å²) in [7, 11) is 1.71. The van der Waals surface area contributed by atoms with Crippen molar-refractivity contribution in [3.05, 3.63) is 29.3 Å². The van der Waals surface area contributed by atoms with Crippen molar-refractivity contribution in [1.29, 1.82) is 0 Å². The molecule has 2 rings (SSSR count). The Bertz CT molecular complexity index is 439. The number of aliphatic hydroxyl groups is 1. The topological polar surface area (TPSA) is 38.7 Å². The normalized spacial score (nSPS) is 21.0. The van der Waals surface area contributed by atoms with E-state index in [0.717, 1.165) is 25.0 Å². The van der Waals surface area contributed by atoms with Gasteiger partial charge in [0, 0.05) is 6.42 Å². The summed E-state index contributed by atoms with van der Waals surface area (Å²) in [6.45, 7) is 8.72.